The number of carbonyl (C=O) groups excluding carboxylic acids is 1. The Hall–Kier alpha value is -1.58. The Bertz CT molecular complexity index is 313. The fraction of sp³-hybridized carbons (Fsp3) is 0.500. The molecule has 0 unspecified atom stereocenters. The van der Waals surface area contributed by atoms with Gasteiger partial charge in [-0.25, -0.2) is 4.79 Å². The van der Waals surface area contributed by atoms with Crippen LogP contribution in [0.3, 0.4) is 0 Å². The molecule has 0 radical (unpaired) electrons. The zero-order chi connectivity index (χ0) is 11.8. The number of rotatable bonds is 5. The highest BCUT2D eigenvalue weighted by atomic mass is 16.2. The second-order valence-corrected chi connectivity index (χ2v) is 3.76. The first-order valence-electron chi connectivity index (χ1n) is 5.68. The number of amides is 2. The number of hydrogen-bond donors (Lipinski definition) is 2. The Labute approximate surface area is 96.5 Å². The second kappa shape index (κ2) is 6.82. The second-order valence-electron chi connectivity index (χ2n) is 3.76. The lowest BCUT2D eigenvalue weighted by Crippen LogP contribution is -2.37. The maximum atomic E-state index is 11.5. The van der Waals surface area contributed by atoms with Crippen molar-refractivity contribution >= 4 is 6.03 Å². The van der Waals surface area contributed by atoms with Crippen LogP contribution in [0.2, 0.25) is 0 Å². The van der Waals surface area contributed by atoms with Crippen LogP contribution in [0.1, 0.15) is 38.3 Å². The van der Waals surface area contributed by atoms with Gasteiger partial charge in [-0.3, -0.25) is 4.98 Å². The number of aromatic nitrogens is 1. The summed E-state index contributed by atoms with van der Waals surface area (Å²) in [6, 6.07) is 3.67. The van der Waals surface area contributed by atoms with E-state index in [9.17, 15) is 4.79 Å². The number of urea groups is 1. The highest BCUT2D eigenvalue weighted by Gasteiger charge is 2.08. The van der Waals surface area contributed by atoms with Gasteiger partial charge < -0.3 is 10.6 Å². The van der Waals surface area contributed by atoms with E-state index in [-0.39, 0.29) is 12.1 Å². The third-order valence-electron chi connectivity index (χ3n) is 2.35. The van der Waals surface area contributed by atoms with Crippen LogP contribution >= 0.6 is 0 Å². The molecule has 0 fully saturated rings. The SMILES string of the molecule is CCCCNC(=O)N[C@H](C)c1cccnc1. The van der Waals surface area contributed by atoms with Gasteiger partial charge in [-0.05, 0) is 25.0 Å². The van der Waals surface area contributed by atoms with Crippen molar-refractivity contribution in [2.24, 2.45) is 0 Å². The van der Waals surface area contributed by atoms with Crippen LogP contribution in [0.4, 0.5) is 4.79 Å². The van der Waals surface area contributed by atoms with E-state index in [1.54, 1.807) is 12.4 Å². The fourth-order valence-corrected chi connectivity index (χ4v) is 1.34. The van der Waals surface area contributed by atoms with Gasteiger partial charge in [0.15, 0.2) is 0 Å². The molecule has 0 aliphatic carbocycles. The van der Waals surface area contributed by atoms with E-state index in [2.05, 4.69) is 22.5 Å². The van der Waals surface area contributed by atoms with E-state index >= 15 is 0 Å². The summed E-state index contributed by atoms with van der Waals surface area (Å²) in [5.74, 6) is 0. The van der Waals surface area contributed by atoms with E-state index < -0.39 is 0 Å². The summed E-state index contributed by atoms with van der Waals surface area (Å²) in [5.41, 5.74) is 1.01. The Morgan fingerprint density at radius 1 is 1.56 bits per heavy atom. The molecule has 0 saturated heterocycles. The maximum Gasteiger partial charge on any atom is 0.315 e. The van der Waals surface area contributed by atoms with E-state index in [0.29, 0.717) is 0 Å². The van der Waals surface area contributed by atoms with Crippen molar-refractivity contribution < 1.29 is 4.79 Å². The number of hydrogen-bond acceptors (Lipinski definition) is 2. The van der Waals surface area contributed by atoms with E-state index in [1.807, 2.05) is 19.1 Å². The molecule has 4 nitrogen and oxygen atoms in total. The molecule has 0 bridgehead atoms. The van der Waals surface area contributed by atoms with Gasteiger partial charge in [0.25, 0.3) is 0 Å². The molecule has 0 aliphatic heterocycles. The summed E-state index contributed by atoms with van der Waals surface area (Å²) in [6.07, 6.45) is 5.57. The molecule has 4 heteroatoms. The third-order valence-corrected chi connectivity index (χ3v) is 2.35. The Morgan fingerprint density at radius 3 is 3.00 bits per heavy atom. The highest BCUT2D eigenvalue weighted by Crippen LogP contribution is 2.08. The summed E-state index contributed by atoms with van der Waals surface area (Å²) in [7, 11) is 0. The number of unbranched alkanes of at least 4 members (excludes halogenated alkanes) is 1. The van der Waals surface area contributed by atoms with Crippen LogP contribution in [0, 0.1) is 0 Å². The molecule has 88 valence electrons. The minimum Gasteiger partial charge on any atom is -0.338 e. The average molecular weight is 221 g/mol. The topological polar surface area (TPSA) is 54.0 Å². The fourth-order valence-electron chi connectivity index (χ4n) is 1.34. The smallest absolute Gasteiger partial charge is 0.315 e. The first kappa shape index (κ1) is 12.5. The lowest BCUT2D eigenvalue weighted by Gasteiger charge is -2.14. The van der Waals surface area contributed by atoms with Crippen molar-refractivity contribution in [1.82, 2.24) is 15.6 Å². The average Bonchev–Trinajstić information content (AvgIpc) is 2.30. The highest BCUT2D eigenvalue weighted by molar-refractivity contribution is 5.74. The summed E-state index contributed by atoms with van der Waals surface area (Å²) in [6.45, 7) is 4.76. The van der Waals surface area contributed by atoms with Crippen molar-refractivity contribution in [1.29, 1.82) is 0 Å². The first-order chi connectivity index (χ1) is 7.74. The number of pyridine rings is 1. The van der Waals surface area contributed by atoms with E-state index in [1.165, 1.54) is 0 Å². The monoisotopic (exact) mass is 221 g/mol. The normalized spacial score (nSPS) is 11.9. The molecule has 2 N–H and O–H groups in total. The van der Waals surface area contributed by atoms with Gasteiger partial charge in [-0.1, -0.05) is 19.4 Å². The molecule has 1 aromatic heterocycles. The van der Waals surface area contributed by atoms with Gasteiger partial charge in [-0.15, -0.1) is 0 Å². The molecular weight excluding hydrogens is 202 g/mol. The molecule has 1 aromatic rings. The first-order valence-corrected chi connectivity index (χ1v) is 5.68. The zero-order valence-electron chi connectivity index (χ0n) is 9.86. The molecule has 0 saturated carbocycles. The number of carbonyl (C=O) groups is 1. The van der Waals surface area contributed by atoms with Gasteiger partial charge in [0, 0.05) is 18.9 Å². The third kappa shape index (κ3) is 4.29. The Balaban J connectivity index is 2.34. The molecular formula is C12H19N3O. The predicted octanol–water partition coefficient (Wildman–Crippen LogP) is 2.24. The van der Waals surface area contributed by atoms with Crippen LogP contribution < -0.4 is 10.6 Å². The van der Waals surface area contributed by atoms with E-state index in [0.717, 1.165) is 24.9 Å². The van der Waals surface area contributed by atoms with Crippen molar-refractivity contribution in [2.45, 2.75) is 32.7 Å². The van der Waals surface area contributed by atoms with Crippen LogP contribution in [0.15, 0.2) is 24.5 Å². The van der Waals surface area contributed by atoms with Gasteiger partial charge in [-0.2, -0.15) is 0 Å². The van der Waals surface area contributed by atoms with Gasteiger partial charge in [0.1, 0.15) is 0 Å². The van der Waals surface area contributed by atoms with Crippen molar-refractivity contribution in [3.8, 4) is 0 Å². The van der Waals surface area contributed by atoms with Gasteiger partial charge in [0.05, 0.1) is 6.04 Å². The summed E-state index contributed by atoms with van der Waals surface area (Å²) in [5, 5.41) is 5.68. The largest absolute Gasteiger partial charge is 0.338 e. The molecule has 1 atom stereocenters. The molecule has 1 heterocycles. The minimum absolute atomic E-state index is 0.0182. The standard InChI is InChI=1S/C12H19N3O/c1-3-4-8-14-12(16)15-10(2)11-6-5-7-13-9-11/h5-7,9-10H,3-4,8H2,1-2H3,(H2,14,15,16)/t10-/m1/s1. The number of nitrogens with zero attached hydrogens (tertiary/aromatic N) is 1. The lowest BCUT2D eigenvalue weighted by molar-refractivity contribution is 0.238. The van der Waals surface area contributed by atoms with E-state index in [4.69, 9.17) is 0 Å². The quantitative estimate of drug-likeness (QED) is 0.749. The van der Waals surface area contributed by atoms with Crippen LogP contribution in [-0.4, -0.2) is 17.6 Å². The van der Waals surface area contributed by atoms with Crippen LogP contribution in [0.5, 0.6) is 0 Å². The molecule has 16 heavy (non-hydrogen) atoms. The molecule has 1 rings (SSSR count). The summed E-state index contributed by atoms with van der Waals surface area (Å²) >= 11 is 0. The maximum absolute atomic E-state index is 11.5. The van der Waals surface area contributed by atoms with Crippen LogP contribution in [-0.2, 0) is 0 Å². The van der Waals surface area contributed by atoms with Crippen molar-refractivity contribution in [2.75, 3.05) is 6.54 Å². The molecule has 2 amide bonds. The predicted molar refractivity (Wildman–Crippen MR) is 64.1 cm³/mol. The Morgan fingerprint density at radius 2 is 2.38 bits per heavy atom. The summed E-state index contributed by atoms with van der Waals surface area (Å²) in [4.78, 5) is 15.5. The van der Waals surface area contributed by atoms with Crippen molar-refractivity contribution in [3.05, 3.63) is 30.1 Å². The number of nitrogens with one attached hydrogen (secondary N) is 2. The zero-order valence-corrected chi connectivity index (χ0v) is 9.86. The van der Waals surface area contributed by atoms with Crippen molar-refractivity contribution in [3.63, 3.8) is 0 Å². The van der Waals surface area contributed by atoms with Gasteiger partial charge in [0.2, 0.25) is 0 Å². The Kier molecular flexibility index (Phi) is 5.32. The van der Waals surface area contributed by atoms with Crippen LogP contribution in [0.25, 0.3) is 0 Å². The molecule has 0 aliphatic rings. The molecule has 0 aromatic carbocycles. The minimum atomic E-state index is -0.121. The molecule has 0 spiro atoms. The van der Waals surface area contributed by atoms with Gasteiger partial charge >= 0.3 is 6.03 Å². The summed E-state index contributed by atoms with van der Waals surface area (Å²) < 4.78 is 0. The lowest BCUT2D eigenvalue weighted by atomic mass is 10.1.